The van der Waals surface area contributed by atoms with Gasteiger partial charge in [0.2, 0.25) is 11.7 Å². The maximum absolute atomic E-state index is 12.2. The fourth-order valence-corrected chi connectivity index (χ4v) is 6.14. The Morgan fingerprint density at radius 3 is 2.88 bits per heavy atom. The van der Waals surface area contributed by atoms with Gasteiger partial charge in [-0.3, -0.25) is 9.69 Å². The Morgan fingerprint density at radius 2 is 2.05 bits per heavy atom. The van der Waals surface area contributed by atoms with Crippen LogP contribution >= 0.6 is 22.9 Å². The van der Waals surface area contributed by atoms with E-state index in [4.69, 9.17) is 21.3 Å². The van der Waals surface area contributed by atoms with E-state index in [1.165, 1.54) is 22.2 Å². The number of tetrazole rings is 1. The first kappa shape index (κ1) is 29.2. The number of hydrogen-bond acceptors (Lipinski definition) is 11. The van der Waals surface area contributed by atoms with Gasteiger partial charge in [0.25, 0.3) is 0 Å². The molecule has 1 atom stereocenters. The molecule has 2 aliphatic rings. The van der Waals surface area contributed by atoms with Crippen molar-refractivity contribution in [1.29, 1.82) is 0 Å². The van der Waals surface area contributed by atoms with Crippen molar-refractivity contribution in [3.63, 3.8) is 0 Å². The molecule has 0 radical (unpaired) electrons. The van der Waals surface area contributed by atoms with Crippen LogP contribution in [-0.2, 0) is 16.1 Å². The van der Waals surface area contributed by atoms with E-state index in [9.17, 15) is 4.79 Å². The number of carbonyl (C=O) groups is 1. The van der Waals surface area contributed by atoms with Crippen LogP contribution in [0.2, 0.25) is 5.02 Å². The lowest BCUT2D eigenvalue weighted by molar-refractivity contribution is -0.127. The zero-order valence-corrected chi connectivity index (χ0v) is 25.4. The van der Waals surface area contributed by atoms with E-state index in [2.05, 4.69) is 48.6 Å². The topological polar surface area (TPSA) is 126 Å². The first-order valence-corrected chi connectivity index (χ1v) is 15.4. The molecule has 0 saturated carbocycles. The second-order valence-corrected chi connectivity index (χ2v) is 12.1. The average molecular weight is 621 g/mol. The molecule has 0 unspecified atom stereocenters. The number of pyridine rings is 1. The van der Waals surface area contributed by atoms with Crippen LogP contribution in [0.25, 0.3) is 16.4 Å². The van der Waals surface area contributed by atoms with Crippen LogP contribution in [0.4, 0.5) is 16.8 Å². The molecule has 2 saturated heterocycles. The Hall–Kier alpha value is -3.91. The molecule has 43 heavy (non-hydrogen) atoms. The minimum Gasteiger partial charge on any atom is -0.379 e. The highest BCUT2D eigenvalue weighted by molar-refractivity contribution is 7.18. The molecule has 224 valence electrons. The number of nitrogens with one attached hydrogen (secondary N) is 2. The Bertz CT molecular complexity index is 1600. The van der Waals surface area contributed by atoms with Crippen LogP contribution in [0.15, 0.2) is 49.2 Å². The van der Waals surface area contributed by atoms with Crippen molar-refractivity contribution in [3.8, 4) is 16.4 Å². The number of halogens is 1. The molecular weight excluding hydrogens is 588 g/mol. The number of amides is 1. The van der Waals surface area contributed by atoms with Crippen molar-refractivity contribution in [2.24, 2.45) is 0 Å². The highest BCUT2D eigenvalue weighted by atomic mass is 35.5. The van der Waals surface area contributed by atoms with Gasteiger partial charge in [-0.15, -0.1) is 15.0 Å². The highest BCUT2D eigenvalue weighted by Crippen LogP contribution is 2.30. The molecule has 14 heteroatoms. The number of hydrogen-bond donors (Lipinski definition) is 2. The number of thiazole rings is 1. The molecule has 5 heterocycles. The molecule has 2 fully saturated rings. The van der Waals surface area contributed by atoms with Crippen LogP contribution in [0, 0.1) is 6.92 Å². The number of likely N-dealkylation sites (tertiary alicyclic amines) is 1. The molecule has 0 bridgehead atoms. The average Bonchev–Trinajstić information content (AvgIpc) is 3.69. The zero-order valence-electron chi connectivity index (χ0n) is 23.9. The van der Waals surface area contributed by atoms with Gasteiger partial charge in [0.15, 0.2) is 5.13 Å². The number of carbonyl (C=O) groups excluding carboxylic acids is 1. The lowest BCUT2D eigenvalue weighted by Gasteiger charge is -2.33. The first-order chi connectivity index (χ1) is 20.9. The molecule has 1 amide bonds. The second-order valence-electron chi connectivity index (χ2n) is 10.6. The van der Waals surface area contributed by atoms with Gasteiger partial charge in [0.05, 0.1) is 30.0 Å². The van der Waals surface area contributed by atoms with Gasteiger partial charge in [-0.05, 0) is 66.4 Å². The summed E-state index contributed by atoms with van der Waals surface area (Å²) in [6.45, 7) is 11.0. The van der Waals surface area contributed by atoms with E-state index in [-0.39, 0.29) is 11.9 Å². The normalized spacial score (nSPS) is 17.5. The summed E-state index contributed by atoms with van der Waals surface area (Å²) >= 11 is 7.60. The number of rotatable bonds is 9. The van der Waals surface area contributed by atoms with E-state index in [1.807, 2.05) is 36.1 Å². The monoisotopic (exact) mass is 620 g/mol. The number of nitrogens with zero attached hydrogens (tertiary/aromatic N) is 8. The summed E-state index contributed by atoms with van der Waals surface area (Å²) in [4.78, 5) is 28.1. The molecular formula is C29H33ClN10O2S. The number of anilines is 3. The number of aromatic nitrogens is 6. The van der Waals surface area contributed by atoms with Crippen LogP contribution in [0.5, 0.6) is 0 Å². The van der Waals surface area contributed by atoms with Crippen LogP contribution < -0.4 is 10.6 Å². The van der Waals surface area contributed by atoms with Gasteiger partial charge in [-0.2, -0.15) is 0 Å². The molecule has 3 aromatic heterocycles. The van der Waals surface area contributed by atoms with E-state index in [1.54, 1.807) is 6.20 Å². The smallest absolute Gasteiger partial charge is 0.246 e. The first-order valence-electron chi connectivity index (χ1n) is 14.2. The minimum atomic E-state index is -0.0420. The van der Waals surface area contributed by atoms with Crippen LogP contribution in [0.3, 0.4) is 0 Å². The Labute approximate surface area is 258 Å². The quantitative estimate of drug-likeness (QED) is 0.261. The number of piperidine rings is 1. The van der Waals surface area contributed by atoms with Crippen molar-refractivity contribution < 1.29 is 9.53 Å². The Morgan fingerprint density at radius 1 is 1.21 bits per heavy atom. The molecule has 12 nitrogen and oxygen atoms in total. The van der Waals surface area contributed by atoms with E-state index >= 15 is 0 Å². The summed E-state index contributed by atoms with van der Waals surface area (Å²) in [5.41, 5.74) is 2.88. The highest BCUT2D eigenvalue weighted by Gasteiger charge is 2.23. The molecule has 6 rings (SSSR count). The summed E-state index contributed by atoms with van der Waals surface area (Å²) in [7, 11) is 0. The Kier molecular flexibility index (Phi) is 8.93. The van der Waals surface area contributed by atoms with Gasteiger partial charge in [-0.25, -0.2) is 9.97 Å². The lowest BCUT2D eigenvalue weighted by Crippen LogP contribution is -2.44. The summed E-state index contributed by atoms with van der Waals surface area (Å²) in [5, 5.41) is 21.2. The maximum atomic E-state index is 12.2. The summed E-state index contributed by atoms with van der Waals surface area (Å²) in [6.07, 6.45) is 4.98. The van der Waals surface area contributed by atoms with E-state index in [0.29, 0.717) is 28.3 Å². The third-order valence-corrected chi connectivity index (χ3v) is 8.56. The number of benzene rings is 1. The summed E-state index contributed by atoms with van der Waals surface area (Å²) in [5.74, 6) is 1.86. The molecule has 0 aliphatic carbocycles. The van der Waals surface area contributed by atoms with E-state index in [0.717, 1.165) is 79.7 Å². The van der Waals surface area contributed by atoms with Gasteiger partial charge in [0.1, 0.15) is 11.6 Å². The van der Waals surface area contributed by atoms with Crippen molar-refractivity contribution in [1.82, 2.24) is 40.0 Å². The predicted octanol–water partition coefficient (Wildman–Crippen LogP) is 4.31. The Balaban J connectivity index is 1.21. The molecule has 4 aromatic rings. The lowest BCUT2D eigenvalue weighted by atomic mass is 10.1. The third-order valence-electron chi connectivity index (χ3n) is 7.42. The molecule has 2 aliphatic heterocycles. The van der Waals surface area contributed by atoms with E-state index < -0.39 is 0 Å². The van der Waals surface area contributed by atoms with Gasteiger partial charge in [0, 0.05) is 43.8 Å². The van der Waals surface area contributed by atoms with Crippen molar-refractivity contribution in [2.75, 3.05) is 50.0 Å². The summed E-state index contributed by atoms with van der Waals surface area (Å²) < 4.78 is 5.53. The zero-order chi connectivity index (χ0) is 29.8. The predicted molar refractivity (Wildman–Crippen MR) is 167 cm³/mol. The van der Waals surface area contributed by atoms with Gasteiger partial charge >= 0.3 is 0 Å². The maximum Gasteiger partial charge on any atom is 0.246 e. The van der Waals surface area contributed by atoms with Crippen molar-refractivity contribution in [3.05, 3.63) is 65.3 Å². The fourth-order valence-electron chi connectivity index (χ4n) is 5.23. The largest absolute Gasteiger partial charge is 0.379 e. The third kappa shape index (κ3) is 7.19. The fraction of sp³-hybridized carbons (Fsp3) is 0.379. The SMILES string of the molecule is C=CC(=O)N1CCC[C@H](Nc2cc(CN3CCOCC3)cc(Nc3ncc(-c4nnn(-c5cc(Cl)ccc5C)n4)s3)n2)C1. The molecule has 1 aromatic carbocycles. The number of morpholine rings is 1. The standard InChI is InChI=1S/C29H33ClN10O2S/c1-3-27(41)39-8-4-5-22(18-39)32-25-13-20(17-38-9-11-42-12-10-38)14-26(33-25)34-29-31-16-24(43-29)28-35-37-40(36-28)23-15-21(30)7-6-19(23)2/h3,6-7,13-16,22H,1,4-5,8-12,17-18H2,2H3,(H2,31,32,33,34)/t22-/m0/s1. The summed E-state index contributed by atoms with van der Waals surface area (Å²) in [6, 6.07) is 9.79. The van der Waals surface area contributed by atoms with Gasteiger partial charge < -0.3 is 20.3 Å². The number of aryl methyl sites for hydroxylation is 1. The van der Waals surface area contributed by atoms with Crippen molar-refractivity contribution in [2.45, 2.75) is 32.4 Å². The molecule has 2 N–H and O–H groups in total. The van der Waals surface area contributed by atoms with Gasteiger partial charge in [-0.1, -0.05) is 35.6 Å². The minimum absolute atomic E-state index is 0.0420. The van der Waals surface area contributed by atoms with Crippen LogP contribution in [0.1, 0.15) is 24.0 Å². The van der Waals surface area contributed by atoms with Crippen molar-refractivity contribution >= 4 is 45.6 Å². The number of ether oxygens (including phenoxy) is 1. The second kappa shape index (κ2) is 13.2. The van der Waals surface area contributed by atoms with Crippen LogP contribution in [-0.4, -0.2) is 91.3 Å². The molecule has 0 spiro atoms.